The van der Waals surface area contributed by atoms with Crippen LogP contribution in [0.3, 0.4) is 0 Å². The number of nitrogens with one attached hydrogen (secondary N) is 2. The molecule has 0 aliphatic carbocycles. The summed E-state index contributed by atoms with van der Waals surface area (Å²) in [6.45, 7) is 9.96. The van der Waals surface area contributed by atoms with Crippen LogP contribution < -0.4 is 15.4 Å². The largest absolute Gasteiger partial charge is 0.491 e. The van der Waals surface area contributed by atoms with E-state index in [1.54, 1.807) is 7.11 Å². The van der Waals surface area contributed by atoms with Gasteiger partial charge in [-0.15, -0.1) is 0 Å². The number of guanidine groups is 1. The summed E-state index contributed by atoms with van der Waals surface area (Å²) in [4.78, 5) is 18.8. The third-order valence-corrected chi connectivity index (χ3v) is 4.58. The predicted molar refractivity (Wildman–Crippen MR) is 112 cm³/mol. The fourth-order valence-corrected chi connectivity index (χ4v) is 3.06. The molecule has 7 heteroatoms. The van der Waals surface area contributed by atoms with Gasteiger partial charge in [0.05, 0.1) is 13.2 Å². The molecule has 2 N–H and O–H groups in total. The first-order valence-electron chi connectivity index (χ1n) is 10.1. The fourth-order valence-electron chi connectivity index (χ4n) is 3.06. The lowest BCUT2D eigenvalue weighted by Gasteiger charge is -2.20. The molecule has 7 nitrogen and oxygen atoms in total. The number of likely N-dealkylation sites (tertiary alicyclic amines) is 1. The number of hydrogen-bond donors (Lipinski definition) is 2. The second-order valence-corrected chi connectivity index (χ2v) is 7.25. The summed E-state index contributed by atoms with van der Waals surface area (Å²) in [5.41, 5.74) is 1.11. The maximum atomic E-state index is 12.2. The number of nitrogens with zero attached hydrogens (tertiary/aromatic N) is 2. The summed E-state index contributed by atoms with van der Waals surface area (Å²) in [5.74, 6) is 1.88. The molecule has 0 bridgehead atoms. The Balaban J connectivity index is 1.87. The highest BCUT2D eigenvalue weighted by Gasteiger charge is 2.27. The summed E-state index contributed by atoms with van der Waals surface area (Å²) < 4.78 is 10.6. The number of rotatable bonds is 9. The lowest BCUT2D eigenvalue weighted by molar-refractivity contribution is -0.133. The van der Waals surface area contributed by atoms with Crippen LogP contribution in [0.1, 0.15) is 32.8 Å². The molecular weight excluding hydrogens is 356 g/mol. The first-order valence-corrected chi connectivity index (χ1v) is 10.1. The van der Waals surface area contributed by atoms with Crippen LogP contribution in [-0.4, -0.2) is 62.8 Å². The van der Waals surface area contributed by atoms with E-state index in [0.29, 0.717) is 19.8 Å². The van der Waals surface area contributed by atoms with Crippen LogP contribution in [-0.2, 0) is 16.1 Å². The van der Waals surface area contributed by atoms with Crippen LogP contribution >= 0.6 is 0 Å². The van der Waals surface area contributed by atoms with Crippen LogP contribution in [0, 0.1) is 5.92 Å². The SMILES string of the molecule is CCNC(=NCc1ccc(OCCOC)cc1)NC1CCN(C(=O)C(C)C)C1. The van der Waals surface area contributed by atoms with Gasteiger partial charge in [-0.1, -0.05) is 26.0 Å². The Morgan fingerprint density at radius 2 is 2.04 bits per heavy atom. The molecule has 0 aromatic heterocycles. The number of benzene rings is 1. The number of methoxy groups -OCH3 is 1. The van der Waals surface area contributed by atoms with Crippen LogP contribution in [0.2, 0.25) is 0 Å². The van der Waals surface area contributed by atoms with Gasteiger partial charge in [-0.2, -0.15) is 0 Å². The van der Waals surface area contributed by atoms with Crippen molar-refractivity contribution in [2.45, 2.75) is 39.8 Å². The number of ether oxygens (including phenoxy) is 2. The minimum Gasteiger partial charge on any atom is -0.491 e. The highest BCUT2D eigenvalue weighted by Crippen LogP contribution is 2.14. The monoisotopic (exact) mass is 390 g/mol. The zero-order valence-electron chi connectivity index (χ0n) is 17.5. The third-order valence-electron chi connectivity index (χ3n) is 4.58. The molecule has 0 saturated carbocycles. The lowest BCUT2D eigenvalue weighted by Crippen LogP contribution is -2.45. The Labute approximate surface area is 168 Å². The van der Waals surface area contributed by atoms with Gasteiger partial charge < -0.3 is 25.0 Å². The van der Waals surface area contributed by atoms with Crippen molar-refractivity contribution in [1.29, 1.82) is 0 Å². The van der Waals surface area contributed by atoms with Crippen molar-refractivity contribution in [1.82, 2.24) is 15.5 Å². The first kappa shape index (κ1) is 22.0. The van der Waals surface area contributed by atoms with Gasteiger partial charge in [0, 0.05) is 38.7 Å². The summed E-state index contributed by atoms with van der Waals surface area (Å²) in [7, 11) is 1.66. The van der Waals surface area contributed by atoms with Crippen LogP contribution in [0.25, 0.3) is 0 Å². The number of carbonyl (C=O) groups is 1. The molecule has 1 saturated heterocycles. The van der Waals surface area contributed by atoms with Crippen molar-refractivity contribution in [3.63, 3.8) is 0 Å². The Morgan fingerprint density at radius 3 is 2.68 bits per heavy atom. The van der Waals surface area contributed by atoms with Gasteiger partial charge in [0.1, 0.15) is 12.4 Å². The number of amides is 1. The van der Waals surface area contributed by atoms with Crippen LogP contribution in [0.5, 0.6) is 5.75 Å². The van der Waals surface area contributed by atoms with E-state index in [1.807, 2.05) is 49.9 Å². The fraction of sp³-hybridized carbons (Fsp3) is 0.619. The van der Waals surface area contributed by atoms with E-state index in [2.05, 4.69) is 15.6 Å². The molecule has 1 fully saturated rings. The Hall–Kier alpha value is -2.28. The highest BCUT2D eigenvalue weighted by atomic mass is 16.5. The van der Waals surface area contributed by atoms with Gasteiger partial charge in [-0.05, 0) is 31.0 Å². The van der Waals surface area contributed by atoms with Crippen molar-refractivity contribution in [3.05, 3.63) is 29.8 Å². The summed E-state index contributed by atoms with van der Waals surface area (Å²) >= 11 is 0. The van der Waals surface area contributed by atoms with Gasteiger partial charge in [-0.3, -0.25) is 4.79 Å². The Bertz CT molecular complexity index is 631. The lowest BCUT2D eigenvalue weighted by atomic mass is 10.2. The maximum Gasteiger partial charge on any atom is 0.225 e. The van der Waals surface area contributed by atoms with E-state index < -0.39 is 0 Å². The Morgan fingerprint density at radius 1 is 1.29 bits per heavy atom. The molecule has 1 heterocycles. The average Bonchev–Trinajstić information content (AvgIpc) is 3.15. The van der Waals surface area contributed by atoms with Crippen molar-refractivity contribution in [2.24, 2.45) is 10.9 Å². The Kier molecular flexibility index (Phi) is 9.07. The van der Waals surface area contributed by atoms with Gasteiger partial charge in [0.25, 0.3) is 0 Å². The van der Waals surface area contributed by atoms with E-state index in [9.17, 15) is 4.79 Å². The van der Waals surface area contributed by atoms with E-state index in [4.69, 9.17) is 9.47 Å². The smallest absolute Gasteiger partial charge is 0.225 e. The van der Waals surface area contributed by atoms with E-state index in [-0.39, 0.29) is 17.9 Å². The van der Waals surface area contributed by atoms with Crippen molar-refractivity contribution in [3.8, 4) is 5.75 Å². The predicted octanol–water partition coefficient (Wildman–Crippen LogP) is 2.02. The molecule has 1 amide bonds. The number of hydrogen-bond acceptors (Lipinski definition) is 4. The molecule has 28 heavy (non-hydrogen) atoms. The second kappa shape index (κ2) is 11.5. The zero-order valence-corrected chi connectivity index (χ0v) is 17.5. The van der Waals surface area contributed by atoms with Crippen molar-refractivity contribution < 1.29 is 14.3 Å². The van der Waals surface area contributed by atoms with E-state index in [1.165, 1.54) is 0 Å². The standard InChI is InChI=1S/C21H34N4O3/c1-5-22-21(24-18-10-11-25(15-18)20(26)16(2)3)23-14-17-6-8-19(9-7-17)28-13-12-27-4/h6-9,16,18H,5,10-15H2,1-4H3,(H2,22,23,24). The second-order valence-electron chi connectivity index (χ2n) is 7.25. The van der Waals surface area contributed by atoms with E-state index in [0.717, 1.165) is 43.3 Å². The maximum absolute atomic E-state index is 12.2. The van der Waals surface area contributed by atoms with Crippen molar-refractivity contribution in [2.75, 3.05) is 40.0 Å². The van der Waals surface area contributed by atoms with Gasteiger partial charge in [-0.25, -0.2) is 4.99 Å². The van der Waals surface area contributed by atoms with Gasteiger partial charge in [0.15, 0.2) is 5.96 Å². The molecule has 1 aliphatic heterocycles. The number of carbonyl (C=O) groups excluding carboxylic acids is 1. The van der Waals surface area contributed by atoms with E-state index >= 15 is 0 Å². The molecule has 0 radical (unpaired) electrons. The molecule has 1 aromatic rings. The quantitative estimate of drug-likeness (QED) is 0.383. The molecule has 0 spiro atoms. The minimum atomic E-state index is 0.0436. The summed E-state index contributed by atoms with van der Waals surface area (Å²) in [6.07, 6.45) is 0.941. The number of aliphatic imine (C=N–C) groups is 1. The van der Waals surface area contributed by atoms with Crippen LogP contribution in [0.15, 0.2) is 29.3 Å². The normalized spacial score (nSPS) is 17.1. The van der Waals surface area contributed by atoms with Crippen molar-refractivity contribution >= 4 is 11.9 Å². The first-order chi connectivity index (χ1) is 13.5. The summed E-state index contributed by atoms with van der Waals surface area (Å²) in [5, 5.41) is 6.75. The minimum absolute atomic E-state index is 0.0436. The third kappa shape index (κ3) is 7.03. The molecule has 156 valence electrons. The molecule has 1 atom stereocenters. The highest BCUT2D eigenvalue weighted by molar-refractivity contribution is 5.81. The molecule has 1 aliphatic rings. The molecule has 2 rings (SSSR count). The van der Waals surface area contributed by atoms with Gasteiger partial charge >= 0.3 is 0 Å². The summed E-state index contributed by atoms with van der Waals surface area (Å²) in [6, 6.07) is 8.18. The molecule has 1 aromatic carbocycles. The zero-order chi connectivity index (χ0) is 20.4. The molecule has 1 unspecified atom stereocenters. The topological polar surface area (TPSA) is 75.2 Å². The van der Waals surface area contributed by atoms with Gasteiger partial charge in [0.2, 0.25) is 5.91 Å². The molecular formula is C21H34N4O3. The van der Waals surface area contributed by atoms with Crippen LogP contribution in [0.4, 0.5) is 0 Å². The average molecular weight is 391 g/mol.